The molecule has 1 unspecified atom stereocenters. The number of carbonyl (C=O) groups is 2. The third-order valence-corrected chi connectivity index (χ3v) is 3.11. The Morgan fingerprint density at radius 2 is 2.19 bits per heavy atom. The maximum atomic E-state index is 11.7. The number of esters is 1. The summed E-state index contributed by atoms with van der Waals surface area (Å²) in [6, 6.07) is 4.97. The van der Waals surface area contributed by atoms with Crippen LogP contribution >= 0.6 is 11.6 Å². The van der Waals surface area contributed by atoms with Crippen molar-refractivity contribution >= 4 is 23.4 Å². The van der Waals surface area contributed by atoms with E-state index in [0.717, 1.165) is 5.56 Å². The van der Waals surface area contributed by atoms with E-state index in [-0.39, 0.29) is 5.78 Å². The van der Waals surface area contributed by atoms with E-state index in [1.54, 1.807) is 25.1 Å². The minimum absolute atomic E-state index is 0.161. The van der Waals surface area contributed by atoms with Gasteiger partial charge < -0.3 is 4.74 Å². The maximum absolute atomic E-state index is 11.7. The number of cyclic esters (lactones) is 1. The van der Waals surface area contributed by atoms with Crippen molar-refractivity contribution in [3.8, 4) is 0 Å². The fourth-order valence-corrected chi connectivity index (χ4v) is 1.96. The second kappa shape index (κ2) is 3.59. The van der Waals surface area contributed by atoms with Crippen molar-refractivity contribution in [2.75, 3.05) is 0 Å². The van der Waals surface area contributed by atoms with E-state index in [1.165, 1.54) is 6.92 Å². The number of benzene rings is 1. The second-order valence-corrected chi connectivity index (χ2v) is 4.59. The van der Waals surface area contributed by atoms with Gasteiger partial charge in [0.15, 0.2) is 11.4 Å². The first-order valence-corrected chi connectivity index (χ1v) is 5.33. The molecule has 1 aliphatic rings. The van der Waals surface area contributed by atoms with Gasteiger partial charge in [-0.1, -0.05) is 11.6 Å². The first-order valence-electron chi connectivity index (χ1n) is 4.95. The molecular formula is C12H11ClO3. The summed E-state index contributed by atoms with van der Waals surface area (Å²) >= 11 is 5.86. The number of ketones is 1. The highest BCUT2D eigenvalue weighted by molar-refractivity contribution is 6.30. The molecule has 0 saturated heterocycles. The Balaban J connectivity index is 2.50. The van der Waals surface area contributed by atoms with E-state index in [9.17, 15) is 9.59 Å². The molecule has 1 atom stereocenters. The van der Waals surface area contributed by atoms with Gasteiger partial charge in [0.1, 0.15) is 0 Å². The Morgan fingerprint density at radius 3 is 2.81 bits per heavy atom. The summed E-state index contributed by atoms with van der Waals surface area (Å²) in [5.74, 6) is -0.623. The molecule has 3 nitrogen and oxygen atoms in total. The number of carbonyl (C=O) groups excluding carboxylic acids is 2. The monoisotopic (exact) mass is 238 g/mol. The Kier molecular flexibility index (Phi) is 2.50. The molecule has 0 aliphatic carbocycles. The molecule has 0 N–H and O–H groups in total. The van der Waals surface area contributed by atoms with Crippen molar-refractivity contribution in [3.05, 3.63) is 34.3 Å². The van der Waals surface area contributed by atoms with Gasteiger partial charge in [0.25, 0.3) is 0 Å². The van der Waals surface area contributed by atoms with E-state index in [4.69, 9.17) is 16.3 Å². The van der Waals surface area contributed by atoms with Crippen molar-refractivity contribution in [2.45, 2.75) is 25.9 Å². The molecule has 84 valence electrons. The van der Waals surface area contributed by atoms with E-state index in [2.05, 4.69) is 0 Å². The van der Waals surface area contributed by atoms with Crippen molar-refractivity contribution in [2.24, 2.45) is 0 Å². The molecule has 0 bridgehead atoms. The van der Waals surface area contributed by atoms with E-state index >= 15 is 0 Å². The highest BCUT2D eigenvalue weighted by Gasteiger charge is 2.40. The third-order valence-electron chi connectivity index (χ3n) is 2.88. The lowest BCUT2D eigenvalue weighted by molar-refractivity contribution is -0.135. The third kappa shape index (κ3) is 1.71. The molecular weight excluding hydrogens is 228 g/mol. The smallest absolute Gasteiger partial charge is 0.339 e. The van der Waals surface area contributed by atoms with Crippen molar-refractivity contribution in [3.63, 3.8) is 0 Å². The number of hydrogen-bond donors (Lipinski definition) is 0. The van der Waals surface area contributed by atoms with Crippen LogP contribution in [0.15, 0.2) is 18.2 Å². The van der Waals surface area contributed by atoms with Gasteiger partial charge >= 0.3 is 5.97 Å². The van der Waals surface area contributed by atoms with E-state index < -0.39 is 11.6 Å². The van der Waals surface area contributed by atoms with Gasteiger partial charge in [-0.25, -0.2) is 4.79 Å². The molecule has 16 heavy (non-hydrogen) atoms. The zero-order chi connectivity index (χ0) is 11.9. The van der Waals surface area contributed by atoms with Crippen LogP contribution in [-0.2, 0) is 16.0 Å². The van der Waals surface area contributed by atoms with Crippen molar-refractivity contribution in [1.82, 2.24) is 0 Å². The molecule has 0 fully saturated rings. The lowest BCUT2D eigenvalue weighted by Crippen LogP contribution is -2.44. The van der Waals surface area contributed by atoms with Gasteiger partial charge in [0.05, 0.1) is 5.56 Å². The van der Waals surface area contributed by atoms with E-state index in [1.807, 2.05) is 0 Å². The fourth-order valence-electron chi connectivity index (χ4n) is 1.76. The number of hydrogen-bond acceptors (Lipinski definition) is 3. The maximum Gasteiger partial charge on any atom is 0.339 e. The van der Waals surface area contributed by atoms with Gasteiger partial charge in [0, 0.05) is 11.4 Å². The number of fused-ring (bicyclic) bond motifs is 1. The number of ether oxygens (including phenoxy) is 1. The zero-order valence-corrected chi connectivity index (χ0v) is 9.80. The summed E-state index contributed by atoms with van der Waals surface area (Å²) in [6.45, 7) is 3.04. The SMILES string of the molecule is CC(=O)C1(C)Cc2cc(Cl)ccc2C(=O)O1. The lowest BCUT2D eigenvalue weighted by Gasteiger charge is -2.32. The van der Waals surface area contributed by atoms with E-state index in [0.29, 0.717) is 17.0 Å². The van der Waals surface area contributed by atoms with Crippen molar-refractivity contribution < 1.29 is 14.3 Å². The van der Waals surface area contributed by atoms with Gasteiger partial charge in [-0.3, -0.25) is 4.79 Å². The van der Waals surface area contributed by atoms with Crippen LogP contribution in [0.2, 0.25) is 5.02 Å². The standard InChI is InChI=1S/C12H11ClO3/c1-7(14)12(2)6-8-5-9(13)3-4-10(8)11(15)16-12/h3-5H,6H2,1-2H3. The zero-order valence-electron chi connectivity index (χ0n) is 9.04. The fraction of sp³-hybridized carbons (Fsp3) is 0.333. The minimum Gasteiger partial charge on any atom is -0.447 e. The quantitative estimate of drug-likeness (QED) is 0.706. The van der Waals surface area contributed by atoms with Crippen LogP contribution in [-0.4, -0.2) is 17.4 Å². The summed E-state index contributed by atoms with van der Waals surface area (Å²) in [5, 5.41) is 0.555. The molecule has 0 radical (unpaired) electrons. The second-order valence-electron chi connectivity index (χ2n) is 4.15. The topological polar surface area (TPSA) is 43.4 Å². The number of Topliss-reactive ketones (excluding diaryl/α,β-unsaturated/α-hetero) is 1. The number of halogens is 1. The molecule has 0 aromatic heterocycles. The highest BCUT2D eigenvalue weighted by atomic mass is 35.5. The lowest BCUT2D eigenvalue weighted by atomic mass is 9.87. The van der Waals surface area contributed by atoms with Gasteiger partial charge in [-0.2, -0.15) is 0 Å². The molecule has 0 spiro atoms. The summed E-state index contributed by atoms with van der Waals surface area (Å²) in [4.78, 5) is 23.1. The van der Waals surface area contributed by atoms with Crippen LogP contribution in [0.25, 0.3) is 0 Å². The average molecular weight is 239 g/mol. The first-order chi connectivity index (χ1) is 7.42. The molecule has 0 amide bonds. The molecule has 0 saturated carbocycles. The molecule has 1 aromatic rings. The van der Waals surface area contributed by atoms with Crippen molar-refractivity contribution in [1.29, 1.82) is 0 Å². The van der Waals surface area contributed by atoms with Crippen LogP contribution in [0.3, 0.4) is 0 Å². The number of rotatable bonds is 1. The molecule has 2 rings (SSSR count). The summed E-state index contributed by atoms with van der Waals surface area (Å²) in [7, 11) is 0. The molecule has 4 heteroatoms. The van der Waals surface area contributed by atoms with Crippen LogP contribution < -0.4 is 0 Å². The normalized spacial score (nSPS) is 23.6. The average Bonchev–Trinajstić information content (AvgIpc) is 2.16. The molecule has 1 aliphatic heterocycles. The Hall–Kier alpha value is -1.35. The first kappa shape index (κ1) is 11.1. The Bertz CT molecular complexity index is 481. The predicted octanol–water partition coefficient (Wildman–Crippen LogP) is 2.40. The Labute approximate surface area is 98.4 Å². The molecule has 1 heterocycles. The Morgan fingerprint density at radius 1 is 1.50 bits per heavy atom. The van der Waals surface area contributed by atoms with Gasteiger partial charge in [0.2, 0.25) is 0 Å². The van der Waals surface area contributed by atoms with Crippen LogP contribution in [0, 0.1) is 0 Å². The largest absolute Gasteiger partial charge is 0.447 e. The highest BCUT2D eigenvalue weighted by Crippen LogP contribution is 2.30. The molecule has 1 aromatic carbocycles. The van der Waals surface area contributed by atoms with Crippen LogP contribution in [0.4, 0.5) is 0 Å². The van der Waals surface area contributed by atoms with Crippen LogP contribution in [0.1, 0.15) is 29.8 Å². The predicted molar refractivity (Wildman–Crippen MR) is 59.7 cm³/mol. The van der Waals surface area contributed by atoms with Gasteiger partial charge in [-0.15, -0.1) is 0 Å². The van der Waals surface area contributed by atoms with Crippen LogP contribution in [0.5, 0.6) is 0 Å². The minimum atomic E-state index is -1.06. The summed E-state index contributed by atoms with van der Waals surface area (Å²) in [5.41, 5.74) is 0.193. The summed E-state index contributed by atoms with van der Waals surface area (Å²) < 4.78 is 5.17. The summed E-state index contributed by atoms with van der Waals surface area (Å²) in [6.07, 6.45) is 0.379. The van der Waals surface area contributed by atoms with Gasteiger partial charge in [-0.05, 0) is 37.6 Å².